The molecule has 0 aliphatic carbocycles. The van der Waals surface area contributed by atoms with Gasteiger partial charge in [0, 0.05) is 12.1 Å². The summed E-state index contributed by atoms with van der Waals surface area (Å²) in [4.78, 5) is 38.8. The van der Waals surface area contributed by atoms with Gasteiger partial charge in [0.15, 0.2) is 11.5 Å². The zero-order chi connectivity index (χ0) is 21.5. The lowest BCUT2D eigenvalue weighted by atomic mass is 9.92. The van der Waals surface area contributed by atoms with Crippen LogP contribution in [0.5, 0.6) is 11.5 Å². The smallest absolute Gasteiger partial charge is 0.325 e. The Balaban J connectivity index is 1.44. The maximum atomic E-state index is 13.0. The monoisotopic (exact) mass is 409 g/mol. The van der Waals surface area contributed by atoms with Crippen molar-refractivity contribution in [3.63, 3.8) is 0 Å². The Labute approximate surface area is 174 Å². The minimum Gasteiger partial charge on any atom is -0.454 e. The average molecular weight is 409 g/mol. The van der Waals surface area contributed by atoms with E-state index in [2.05, 4.69) is 10.6 Å². The Morgan fingerprint density at radius 2 is 1.80 bits per heavy atom. The first-order valence-electron chi connectivity index (χ1n) is 9.64. The minimum atomic E-state index is -1.15. The molecule has 4 rings (SSSR count). The molecule has 0 spiro atoms. The number of hydrogen-bond acceptors (Lipinski definition) is 5. The summed E-state index contributed by atoms with van der Waals surface area (Å²) in [5.41, 5.74) is 2.32. The fraction of sp³-hybridized carbons (Fsp3) is 0.318. The van der Waals surface area contributed by atoms with Gasteiger partial charge in [-0.05, 0) is 61.7 Å². The molecule has 1 atom stereocenters. The molecule has 0 aromatic heterocycles. The highest BCUT2D eigenvalue weighted by Gasteiger charge is 2.48. The van der Waals surface area contributed by atoms with E-state index in [0.717, 1.165) is 21.6 Å². The number of ether oxygens (including phenoxy) is 2. The van der Waals surface area contributed by atoms with Gasteiger partial charge in [-0.25, -0.2) is 4.79 Å². The maximum absolute atomic E-state index is 13.0. The third kappa shape index (κ3) is 3.80. The van der Waals surface area contributed by atoms with Crippen LogP contribution in [0.25, 0.3) is 0 Å². The molecule has 2 aliphatic rings. The molecule has 30 heavy (non-hydrogen) atoms. The highest BCUT2D eigenvalue weighted by molar-refractivity contribution is 6.10. The summed E-state index contributed by atoms with van der Waals surface area (Å²) in [5.74, 6) is 0.379. The van der Waals surface area contributed by atoms with E-state index >= 15 is 0 Å². The molecule has 2 aromatic carbocycles. The Kier molecular flexibility index (Phi) is 4.85. The number of amides is 4. The highest BCUT2D eigenvalue weighted by atomic mass is 16.7. The number of hydrogen-bond donors (Lipinski definition) is 2. The van der Waals surface area contributed by atoms with E-state index in [-0.39, 0.29) is 19.8 Å². The van der Waals surface area contributed by atoms with Gasteiger partial charge in [-0.2, -0.15) is 0 Å². The lowest BCUT2D eigenvalue weighted by Crippen LogP contribution is -2.46. The number of carbonyl (C=O) groups excluding carboxylic acids is 3. The molecule has 4 amide bonds. The summed E-state index contributed by atoms with van der Waals surface area (Å²) in [6, 6.07) is 10.5. The lowest BCUT2D eigenvalue weighted by Gasteiger charge is -2.22. The quantitative estimate of drug-likeness (QED) is 0.740. The molecule has 1 saturated heterocycles. The second kappa shape index (κ2) is 7.37. The van der Waals surface area contributed by atoms with E-state index in [4.69, 9.17) is 9.47 Å². The highest BCUT2D eigenvalue weighted by Crippen LogP contribution is 2.34. The summed E-state index contributed by atoms with van der Waals surface area (Å²) in [5, 5.41) is 5.47. The van der Waals surface area contributed by atoms with Gasteiger partial charge >= 0.3 is 6.03 Å². The topological polar surface area (TPSA) is 97.0 Å². The van der Waals surface area contributed by atoms with Gasteiger partial charge in [-0.15, -0.1) is 0 Å². The van der Waals surface area contributed by atoms with Crippen molar-refractivity contribution in [2.24, 2.45) is 0 Å². The standard InChI is InChI=1S/C22H23N3O5/c1-13-6-14(2)8-16(7-13)23-19(26)11-25-20(27)22(3,24-21(25)28)10-15-4-5-17-18(9-15)30-12-29-17/h4-9H,10-12H2,1-3H3,(H,23,26)(H,24,28)/t22-/m0/s1. The summed E-state index contributed by atoms with van der Waals surface area (Å²) in [7, 11) is 0. The van der Waals surface area contributed by atoms with Gasteiger partial charge in [0.25, 0.3) is 5.91 Å². The van der Waals surface area contributed by atoms with Crippen LogP contribution in [0.2, 0.25) is 0 Å². The summed E-state index contributed by atoms with van der Waals surface area (Å²) in [6.07, 6.45) is 0.267. The van der Waals surface area contributed by atoms with Crippen LogP contribution in [0.3, 0.4) is 0 Å². The average Bonchev–Trinajstić information content (AvgIpc) is 3.19. The van der Waals surface area contributed by atoms with Crippen LogP contribution in [0.1, 0.15) is 23.6 Å². The van der Waals surface area contributed by atoms with E-state index in [1.807, 2.05) is 38.1 Å². The first-order chi connectivity index (χ1) is 14.2. The molecule has 2 aliphatic heterocycles. The second-order valence-corrected chi connectivity index (χ2v) is 7.94. The normalized spacial score (nSPS) is 19.8. The van der Waals surface area contributed by atoms with Gasteiger partial charge in [0.1, 0.15) is 12.1 Å². The number of nitrogens with zero attached hydrogens (tertiary/aromatic N) is 1. The molecule has 2 aromatic rings. The van der Waals surface area contributed by atoms with Crippen molar-refractivity contribution in [1.82, 2.24) is 10.2 Å². The predicted molar refractivity (Wildman–Crippen MR) is 109 cm³/mol. The van der Waals surface area contributed by atoms with Gasteiger partial charge in [0.05, 0.1) is 0 Å². The SMILES string of the molecule is Cc1cc(C)cc(NC(=O)CN2C(=O)N[C@@](C)(Cc3ccc4c(c3)OCO4)C2=O)c1. The molecule has 0 unspecified atom stereocenters. The molecule has 1 fully saturated rings. The molecule has 8 heteroatoms. The van der Waals surface area contributed by atoms with E-state index in [1.54, 1.807) is 19.1 Å². The number of nitrogens with one attached hydrogen (secondary N) is 2. The number of fused-ring (bicyclic) bond motifs is 1. The third-order valence-corrected chi connectivity index (χ3v) is 5.15. The molecule has 8 nitrogen and oxygen atoms in total. The molecular formula is C22H23N3O5. The summed E-state index contributed by atoms with van der Waals surface area (Å²) < 4.78 is 10.7. The Morgan fingerprint density at radius 3 is 2.53 bits per heavy atom. The van der Waals surface area contributed by atoms with Gasteiger partial charge < -0.3 is 20.1 Å². The number of rotatable bonds is 5. The van der Waals surface area contributed by atoms with Crippen LogP contribution in [0, 0.1) is 13.8 Å². The van der Waals surface area contributed by atoms with Crippen molar-refractivity contribution in [2.75, 3.05) is 18.7 Å². The molecule has 0 saturated carbocycles. The van der Waals surface area contributed by atoms with Crippen molar-refractivity contribution < 1.29 is 23.9 Å². The van der Waals surface area contributed by atoms with Crippen molar-refractivity contribution in [3.8, 4) is 11.5 Å². The maximum Gasteiger partial charge on any atom is 0.325 e. The first-order valence-corrected chi connectivity index (χ1v) is 9.64. The lowest BCUT2D eigenvalue weighted by molar-refractivity contribution is -0.133. The third-order valence-electron chi connectivity index (χ3n) is 5.15. The van der Waals surface area contributed by atoms with Crippen LogP contribution in [-0.2, 0) is 16.0 Å². The summed E-state index contributed by atoms with van der Waals surface area (Å²) >= 11 is 0. The largest absolute Gasteiger partial charge is 0.454 e. The van der Waals surface area contributed by atoms with Crippen LogP contribution in [0.15, 0.2) is 36.4 Å². The number of aryl methyl sites for hydroxylation is 2. The van der Waals surface area contributed by atoms with Crippen molar-refractivity contribution >= 4 is 23.5 Å². The van der Waals surface area contributed by atoms with Gasteiger partial charge in [0.2, 0.25) is 12.7 Å². The summed E-state index contributed by atoms with van der Waals surface area (Å²) in [6.45, 7) is 5.33. The van der Waals surface area contributed by atoms with Crippen LogP contribution in [-0.4, -0.2) is 41.6 Å². The number of carbonyl (C=O) groups is 3. The number of imide groups is 1. The Morgan fingerprint density at radius 1 is 1.10 bits per heavy atom. The van der Waals surface area contributed by atoms with Gasteiger partial charge in [-0.3, -0.25) is 14.5 Å². The van der Waals surface area contributed by atoms with Crippen LogP contribution < -0.4 is 20.1 Å². The van der Waals surface area contributed by atoms with E-state index < -0.39 is 23.4 Å². The van der Waals surface area contributed by atoms with Crippen LogP contribution in [0.4, 0.5) is 10.5 Å². The fourth-order valence-corrected chi connectivity index (χ4v) is 3.86. The number of benzene rings is 2. The first kappa shape index (κ1) is 19.8. The molecule has 2 heterocycles. The van der Waals surface area contributed by atoms with Crippen molar-refractivity contribution in [1.29, 1.82) is 0 Å². The second-order valence-electron chi connectivity index (χ2n) is 7.94. The Bertz CT molecular complexity index is 1030. The molecule has 0 bridgehead atoms. The van der Waals surface area contributed by atoms with Crippen LogP contribution >= 0.6 is 0 Å². The molecule has 156 valence electrons. The van der Waals surface area contributed by atoms with Crippen molar-refractivity contribution in [3.05, 3.63) is 53.1 Å². The molecule has 2 N–H and O–H groups in total. The Hall–Kier alpha value is -3.55. The van der Waals surface area contributed by atoms with Crippen molar-refractivity contribution in [2.45, 2.75) is 32.7 Å². The zero-order valence-corrected chi connectivity index (χ0v) is 17.1. The molecule has 0 radical (unpaired) electrons. The van der Waals surface area contributed by atoms with Gasteiger partial charge in [-0.1, -0.05) is 12.1 Å². The van der Waals surface area contributed by atoms with E-state index in [1.165, 1.54) is 0 Å². The van der Waals surface area contributed by atoms with E-state index in [9.17, 15) is 14.4 Å². The number of urea groups is 1. The predicted octanol–water partition coefficient (Wildman–Crippen LogP) is 2.52. The number of anilines is 1. The molecular weight excluding hydrogens is 386 g/mol. The zero-order valence-electron chi connectivity index (χ0n) is 17.1. The van der Waals surface area contributed by atoms with E-state index in [0.29, 0.717) is 17.2 Å². The minimum absolute atomic E-state index is 0.162. The fourth-order valence-electron chi connectivity index (χ4n) is 3.86.